The van der Waals surface area contributed by atoms with Crippen LogP contribution in [-0.4, -0.2) is 6.04 Å². The van der Waals surface area contributed by atoms with Crippen LogP contribution in [0.25, 0.3) is 0 Å². The molecular formula is C14H23NO. The van der Waals surface area contributed by atoms with Gasteiger partial charge in [-0.15, -0.1) is 0 Å². The zero-order valence-electron chi connectivity index (χ0n) is 10.4. The van der Waals surface area contributed by atoms with Crippen molar-refractivity contribution in [3.05, 3.63) is 35.9 Å². The van der Waals surface area contributed by atoms with Crippen molar-refractivity contribution in [1.29, 1.82) is 0 Å². The van der Waals surface area contributed by atoms with Crippen LogP contribution in [0.3, 0.4) is 0 Å². The maximum atomic E-state index is 5.54. The lowest BCUT2D eigenvalue weighted by Crippen LogP contribution is -2.28. The van der Waals surface area contributed by atoms with Gasteiger partial charge in [-0.1, -0.05) is 57.0 Å². The summed E-state index contributed by atoms with van der Waals surface area (Å²) >= 11 is 0. The molecular weight excluding hydrogens is 198 g/mol. The number of hydrogen-bond acceptors (Lipinski definition) is 2. The Morgan fingerprint density at radius 2 is 1.69 bits per heavy atom. The molecule has 1 aromatic rings. The SMILES string of the molecule is CCCC(CCC)NOCc1ccccc1. The van der Waals surface area contributed by atoms with Crippen LogP contribution >= 0.6 is 0 Å². The molecule has 0 aliphatic carbocycles. The molecule has 0 fully saturated rings. The second kappa shape index (κ2) is 8.31. The number of hydroxylamine groups is 1. The lowest BCUT2D eigenvalue weighted by molar-refractivity contribution is -0.000542. The van der Waals surface area contributed by atoms with Gasteiger partial charge in [0.25, 0.3) is 0 Å². The number of nitrogens with one attached hydrogen (secondary N) is 1. The second-order valence-electron chi connectivity index (χ2n) is 4.17. The van der Waals surface area contributed by atoms with Gasteiger partial charge in [-0.3, -0.25) is 4.84 Å². The average Bonchev–Trinajstić information content (AvgIpc) is 2.31. The molecule has 2 nitrogen and oxygen atoms in total. The monoisotopic (exact) mass is 221 g/mol. The third-order valence-corrected chi connectivity index (χ3v) is 2.61. The molecule has 16 heavy (non-hydrogen) atoms. The van der Waals surface area contributed by atoms with Gasteiger partial charge >= 0.3 is 0 Å². The fourth-order valence-corrected chi connectivity index (χ4v) is 1.78. The van der Waals surface area contributed by atoms with Crippen molar-refractivity contribution in [1.82, 2.24) is 5.48 Å². The molecule has 2 heteroatoms. The van der Waals surface area contributed by atoms with Gasteiger partial charge in [0.15, 0.2) is 0 Å². The summed E-state index contributed by atoms with van der Waals surface area (Å²) in [5.74, 6) is 0. The molecule has 0 spiro atoms. The highest BCUT2D eigenvalue weighted by Gasteiger charge is 2.05. The highest BCUT2D eigenvalue weighted by Crippen LogP contribution is 2.05. The van der Waals surface area contributed by atoms with Gasteiger partial charge in [-0.25, -0.2) is 0 Å². The maximum Gasteiger partial charge on any atom is 0.0933 e. The van der Waals surface area contributed by atoms with E-state index in [4.69, 9.17) is 4.84 Å². The largest absolute Gasteiger partial charge is 0.297 e. The van der Waals surface area contributed by atoms with Crippen molar-refractivity contribution >= 4 is 0 Å². The van der Waals surface area contributed by atoms with Crippen LogP contribution in [0.4, 0.5) is 0 Å². The minimum atomic E-state index is 0.499. The van der Waals surface area contributed by atoms with Crippen molar-refractivity contribution < 1.29 is 4.84 Å². The standard InChI is InChI=1S/C14H23NO/c1-3-8-14(9-4-2)15-16-12-13-10-6-5-7-11-13/h5-7,10-11,14-15H,3-4,8-9,12H2,1-2H3. The van der Waals surface area contributed by atoms with Crippen LogP contribution in [0.2, 0.25) is 0 Å². The molecule has 1 N–H and O–H groups in total. The van der Waals surface area contributed by atoms with Crippen molar-refractivity contribution in [3.63, 3.8) is 0 Å². The zero-order chi connectivity index (χ0) is 11.6. The molecule has 0 saturated heterocycles. The summed E-state index contributed by atoms with van der Waals surface area (Å²) in [6.45, 7) is 5.06. The Morgan fingerprint density at radius 1 is 1.06 bits per heavy atom. The van der Waals surface area contributed by atoms with Crippen LogP contribution in [0.1, 0.15) is 45.1 Å². The molecule has 0 aromatic heterocycles. The first kappa shape index (κ1) is 13.2. The highest BCUT2D eigenvalue weighted by molar-refractivity contribution is 5.13. The topological polar surface area (TPSA) is 21.3 Å². The van der Waals surface area contributed by atoms with Crippen molar-refractivity contribution in [2.75, 3.05) is 0 Å². The first-order chi connectivity index (χ1) is 7.86. The van der Waals surface area contributed by atoms with Crippen molar-refractivity contribution in [3.8, 4) is 0 Å². The van der Waals surface area contributed by atoms with E-state index < -0.39 is 0 Å². The smallest absolute Gasteiger partial charge is 0.0933 e. The molecule has 90 valence electrons. The molecule has 0 bridgehead atoms. The quantitative estimate of drug-likeness (QED) is 0.676. The van der Waals surface area contributed by atoms with Gasteiger partial charge in [0.1, 0.15) is 0 Å². The predicted molar refractivity (Wildman–Crippen MR) is 68.0 cm³/mol. The maximum absolute atomic E-state index is 5.54. The van der Waals surface area contributed by atoms with E-state index in [1.165, 1.54) is 31.2 Å². The summed E-state index contributed by atoms with van der Waals surface area (Å²) in [5.41, 5.74) is 4.38. The van der Waals surface area contributed by atoms with E-state index in [1.54, 1.807) is 0 Å². The molecule has 0 radical (unpaired) electrons. The predicted octanol–water partition coefficient (Wildman–Crippen LogP) is 3.68. The molecule has 0 saturated carbocycles. The third-order valence-electron chi connectivity index (χ3n) is 2.61. The highest BCUT2D eigenvalue weighted by atomic mass is 16.6. The molecule has 0 atom stereocenters. The van der Waals surface area contributed by atoms with Gasteiger partial charge in [0, 0.05) is 6.04 Å². The summed E-state index contributed by atoms with van der Waals surface area (Å²) in [5, 5.41) is 0. The van der Waals surface area contributed by atoms with Gasteiger partial charge in [-0.2, -0.15) is 5.48 Å². The van der Waals surface area contributed by atoms with E-state index in [0.717, 1.165) is 0 Å². The number of rotatable bonds is 8. The third kappa shape index (κ3) is 5.29. The molecule has 0 aliphatic rings. The van der Waals surface area contributed by atoms with Crippen LogP contribution in [0, 0.1) is 0 Å². The molecule has 0 heterocycles. The minimum absolute atomic E-state index is 0.499. The van der Waals surface area contributed by atoms with E-state index in [9.17, 15) is 0 Å². The Labute approximate surface area is 99.0 Å². The van der Waals surface area contributed by atoms with Crippen LogP contribution in [0.15, 0.2) is 30.3 Å². The average molecular weight is 221 g/mol. The summed E-state index contributed by atoms with van der Waals surface area (Å²) in [4.78, 5) is 5.54. The Balaban J connectivity index is 2.22. The van der Waals surface area contributed by atoms with Crippen LogP contribution < -0.4 is 5.48 Å². The van der Waals surface area contributed by atoms with E-state index in [1.807, 2.05) is 18.2 Å². The summed E-state index contributed by atoms with van der Waals surface area (Å²) < 4.78 is 0. The summed E-state index contributed by atoms with van der Waals surface area (Å²) in [6.07, 6.45) is 4.77. The number of hydrogen-bond donors (Lipinski definition) is 1. The second-order valence-corrected chi connectivity index (χ2v) is 4.17. The van der Waals surface area contributed by atoms with Gasteiger partial charge in [0.05, 0.1) is 6.61 Å². The van der Waals surface area contributed by atoms with Crippen LogP contribution in [-0.2, 0) is 11.4 Å². The molecule has 0 unspecified atom stereocenters. The molecule has 1 aromatic carbocycles. The Kier molecular flexibility index (Phi) is 6.86. The molecule has 0 amide bonds. The first-order valence-electron chi connectivity index (χ1n) is 6.28. The van der Waals surface area contributed by atoms with Crippen LogP contribution in [0.5, 0.6) is 0 Å². The molecule has 0 aliphatic heterocycles. The Bertz CT molecular complexity index is 255. The zero-order valence-corrected chi connectivity index (χ0v) is 10.4. The fourth-order valence-electron chi connectivity index (χ4n) is 1.78. The normalized spacial score (nSPS) is 10.9. The molecule has 1 rings (SSSR count). The fraction of sp³-hybridized carbons (Fsp3) is 0.571. The minimum Gasteiger partial charge on any atom is -0.297 e. The van der Waals surface area contributed by atoms with E-state index in [-0.39, 0.29) is 0 Å². The Morgan fingerprint density at radius 3 is 2.25 bits per heavy atom. The lowest BCUT2D eigenvalue weighted by atomic mass is 10.1. The number of benzene rings is 1. The lowest BCUT2D eigenvalue weighted by Gasteiger charge is -2.16. The van der Waals surface area contributed by atoms with Gasteiger partial charge in [0.2, 0.25) is 0 Å². The summed E-state index contributed by atoms with van der Waals surface area (Å²) in [7, 11) is 0. The van der Waals surface area contributed by atoms with Gasteiger partial charge < -0.3 is 0 Å². The van der Waals surface area contributed by atoms with E-state index in [0.29, 0.717) is 12.6 Å². The first-order valence-corrected chi connectivity index (χ1v) is 6.28. The summed E-state index contributed by atoms with van der Waals surface area (Å²) in [6, 6.07) is 10.8. The van der Waals surface area contributed by atoms with Gasteiger partial charge in [-0.05, 0) is 18.4 Å². The van der Waals surface area contributed by atoms with Crippen molar-refractivity contribution in [2.45, 2.75) is 52.2 Å². The van der Waals surface area contributed by atoms with E-state index >= 15 is 0 Å². The Hall–Kier alpha value is -0.860. The van der Waals surface area contributed by atoms with E-state index in [2.05, 4.69) is 31.5 Å². The van der Waals surface area contributed by atoms with Crippen molar-refractivity contribution in [2.24, 2.45) is 0 Å².